The highest BCUT2D eigenvalue weighted by Crippen LogP contribution is 2.29. The smallest absolute Gasteiger partial charge is 0.246 e. The van der Waals surface area contributed by atoms with Crippen molar-refractivity contribution in [3.05, 3.63) is 48.3 Å². The second-order valence-electron chi connectivity index (χ2n) is 7.40. The quantitative estimate of drug-likeness (QED) is 0.734. The number of aromatic nitrogens is 2. The summed E-state index contributed by atoms with van der Waals surface area (Å²) >= 11 is 0. The molecule has 158 valence electrons. The Morgan fingerprint density at radius 2 is 1.97 bits per heavy atom. The van der Waals surface area contributed by atoms with Crippen LogP contribution in [-0.2, 0) is 33.1 Å². The van der Waals surface area contributed by atoms with Gasteiger partial charge in [-0.1, -0.05) is 12.1 Å². The molecule has 0 aliphatic carbocycles. The lowest BCUT2D eigenvalue weighted by atomic mass is 10.2. The van der Waals surface area contributed by atoms with Gasteiger partial charge in [0, 0.05) is 32.5 Å². The Labute approximate surface area is 169 Å². The van der Waals surface area contributed by atoms with E-state index in [1.807, 2.05) is 17.8 Å². The molecule has 2 aromatic rings. The van der Waals surface area contributed by atoms with Crippen LogP contribution in [0.15, 0.2) is 41.6 Å². The molecule has 0 radical (unpaired) electrons. The molecule has 0 saturated carbocycles. The predicted octanol–water partition coefficient (Wildman–Crippen LogP) is 1.20. The number of sulfonamides is 1. The van der Waals surface area contributed by atoms with E-state index in [1.54, 1.807) is 6.20 Å². The van der Waals surface area contributed by atoms with E-state index in [9.17, 15) is 12.8 Å². The van der Waals surface area contributed by atoms with Crippen molar-refractivity contribution in [3.8, 4) is 0 Å². The van der Waals surface area contributed by atoms with Gasteiger partial charge in [-0.2, -0.15) is 4.31 Å². The monoisotopic (exact) mass is 424 g/mol. The van der Waals surface area contributed by atoms with Crippen LogP contribution in [0.5, 0.6) is 0 Å². The Balaban J connectivity index is 1.55. The third kappa shape index (κ3) is 4.22. The van der Waals surface area contributed by atoms with Crippen molar-refractivity contribution in [2.75, 3.05) is 39.4 Å². The van der Waals surface area contributed by atoms with Crippen molar-refractivity contribution >= 4 is 10.0 Å². The van der Waals surface area contributed by atoms with Gasteiger partial charge < -0.3 is 14.0 Å². The fraction of sp³-hybridized carbons (Fsp3) is 0.526. The molecule has 10 heteroatoms. The van der Waals surface area contributed by atoms with E-state index in [1.165, 1.54) is 22.5 Å². The highest BCUT2D eigenvalue weighted by atomic mass is 32.2. The number of ether oxygens (including phenoxy) is 2. The predicted molar refractivity (Wildman–Crippen MR) is 103 cm³/mol. The molecule has 0 N–H and O–H groups in total. The van der Waals surface area contributed by atoms with E-state index in [0.29, 0.717) is 19.7 Å². The first-order chi connectivity index (χ1) is 13.9. The number of imidazole rings is 1. The Morgan fingerprint density at radius 3 is 2.72 bits per heavy atom. The molecule has 0 bridgehead atoms. The summed E-state index contributed by atoms with van der Waals surface area (Å²) in [7, 11) is -2.05. The first-order valence-corrected chi connectivity index (χ1v) is 11.0. The van der Waals surface area contributed by atoms with E-state index in [0.717, 1.165) is 24.9 Å². The van der Waals surface area contributed by atoms with Gasteiger partial charge in [0.15, 0.2) is 5.79 Å². The van der Waals surface area contributed by atoms with Gasteiger partial charge in [-0.15, -0.1) is 0 Å². The van der Waals surface area contributed by atoms with Gasteiger partial charge in [-0.3, -0.25) is 4.90 Å². The van der Waals surface area contributed by atoms with Crippen LogP contribution in [-0.4, -0.2) is 72.4 Å². The van der Waals surface area contributed by atoms with Gasteiger partial charge in [0.05, 0.1) is 32.8 Å². The summed E-state index contributed by atoms with van der Waals surface area (Å²) in [6, 6.07) is 5.43. The van der Waals surface area contributed by atoms with Crippen LogP contribution in [0.2, 0.25) is 0 Å². The van der Waals surface area contributed by atoms with E-state index in [4.69, 9.17) is 9.47 Å². The van der Waals surface area contributed by atoms with Crippen molar-refractivity contribution in [2.45, 2.75) is 23.6 Å². The zero-order valence-electron chi connectivity index (χ0n) is 16.3. The maximum Gasteiger partial charge on any atom is 0.246 e. The molecule has 3 heterocycles. The molecule has 8 nitrogen and oxygen atoms in total. The van der Waals surface area contributed by atoms with Crippen LogP contribution in [0.3, 0.4) is 0 Å². The van der Waals surface area contributed by atoms with Crippen molar-refractivity contribution in [1.82, 2.24) is 18.8 Å². The van der Waals surface area contributed by atoms with E-state index >= 15 is 0 Å². The van der Waals surface area contributed by atoms with Gasteiger partial charge in [0.25, 0.3) is 0 Å². The van der Waals surface area contributed by atoms with Gasteiger partial charge in [0.1, 0.15) is 16.5 Å². The topological polar surface area (TPSA) is 76.9 Å². The van der Waals surface area contributed by atoms with Crippen molar-refractivity contribution in [3.63, 3.8) is 0 Å². The summed E-state index contributed by atoms with van der Waals surface area (Å²) < 4.78 is 55.5. The van der Waals surface area contributed by atoms with Crippen molar-refractivity contribution in [1.29, 1.82) is 0 Å². The zero-order chi connectivity index (χ0) is 20.5. The summed E-state index contributed by atoms with van der Waals surface area (Å²) in [5.41, 5.74) is 0. The van der Waals surface area contributed by atoms with Gasteiger partial charge in [-0.25, -0.2) is 17.8 Å². The third-order valence-corrected chi connectivity index (χ3v) is 7.19. The van der Waals surface area contributed by atoms with Crippen LogP contribution >= 0.6 is 0 Å². The van der Waals surface area contributed by atoms with E-state index in [2.05, 4.69) is 9.88 Å². The van der Waals surface area contributed by atoms with E-state index < -0.39 is 21.6 Å². The molecule has 1 spiro atoms. The maximum absolute atomic E-state index is 14.2. The van der Waals surface area contributed by atoms with Crippen molar-refractivity contribution in [2.24, 2.45) is 7.05 Å². The summed E-state index contributed by atoms with van der Waals surface area (Å²) in [5, 5.41) is 0. The number of morpholine rings is 1. The first-order valence-electron chi connectivity index (χ1n) is 9.61. The van der Waals surface area contributed by atoms with Crippen LogP contribution in [0.1, 0.15) is 12.2 Å². The molecule has 2 aliphatic rings. The summed E-state index contributed by atoms with van der Waals surface area (Å²) in [6.45, 7) is 2.62. The summed E-state index contributed by atoms with van der Waals surface area (Å²) in [5.74, 6) is -0.932. The summed E-state index contributed by atoms with van der Waals surface area (Å²) in [6.07, 6.45) is 4.44. The standard InChI is InChI=1S/C19H25FN4O4S/c1-22-9-7-21-18(22)13-23-8-4-11-27-19(14-23)15-24(10-12-28-19)29(25,26)17-6-3-2-5-16(17)20/h2-3,5-7,9H,4,8,10-15H2,1H3. The number of nitrogens with zero attached hydrogens (tertiary/aromatic N) is 4. The van der Waals surface area contributed by atoms with Crippen LogP contribution < -0.4 is 0 Å². The molecule has 1 unspecified atom stereocenters. The summed E-state index contributed by atoms with van der Waals surface area (Å²) in [4.78, 5) is 6.21. The van der Waals surface area contributed by atoms with Crippen molar-refractivity contribution < 1.29 is 22.3 Å². The lowest BCUT2D eigenvalue weighted by Crippen LogP contribution is -2.59. The molecule has 29 heavy (non-hydrogen) atoms. The number of rotatable bonds is 4. The van der Waals surface area contributed by atoms with Crippen LogP contribution in [0, 0.1) is 5.82 Å². The minimum Gasteiger partial charge on any atom is -0.347 e. The second-order valence-corrected chi connectivity index (χ2v) is 9.30. The Bertz CT molecular complexity index is 967. The van der Waals surface area contributed by atoms with Gasteiger partial charge in [-0.05, 0) is 18.6 Å². The lowest BCUT2D eigenvalue weighted by molar-refractivity contribution is -0.258. The highest BCUT2D eigenvalue weighted by Gasteiger charge is 2.45. The largest absolute Gasteiger partial charge is 0.347 e. The number of aryl methyl sites for hydroxylation is 1. The lowest BCUT2D eigenvalue weighted by Gasteiger charge is -2.42. The SMILES string of the molecule is Cn1ccnc1CN1CCCOC2(C1)CN(S(=O)(=O)c1ccccc1F)CCO2. The Kier molecular flexibility index (Phi) is 5.71. The number of halogens is 1. The molecule has 2 saturated heterocycles. The first kappa shape index (κ1) is 20.4. The molecular weight excluding hydrogens is 399 g/mol. The number of hydrogen-bond donors (Lipinski definition) is 0. The fourth-order valence-electron chi connectivity index (χ4n) is 3.80. The van der Waals surface area contributed by atoms with Crippen LogP contribution in [0.4, 0.5) is 4.39 Å². The van der Waals surface area contributed by atoms with E-state index in [-0.39, 0.29) is 24.6 Å². The van der Waals surface area contributed by atoms with Gasteiger partial charge in [0.2, 0.25) is 10.0 Å². The maximum atomic E-state index is 14.2. The normalized spacial score (nSPS) is 24.6. The highest BCUT2D eigenvalue weighted by molar-refractivity contribution is 7.89. The zero-order valence-corrected chi connectivity index (χ0v) is 17.1. The molecular formula is C19H25FN4O4S. The third-order valence-electron chi connectivity index (χ3n) is 5.31. The Hall–Kier alpha value is -1.85. The molecule has 1 aromatic carbocycles. The minimum atomic E-state index is -3.99. The average Bonchev–Trinajstić information content (AvgIpc) is 2.99. The molecule has 0 amide bonds. The van der Waals surface area contributed by atoms with Gasteiger partial charge >= 0.3 is 0 Å². The second kappa shape index (κ2) is 8.11. The minimum absolute atomic E-state index is 0.0146. The average molecular weight is 424 g/mol. The fourth-order valence-corrected chi connectivity index (χ4v) is 5.33. The molecule has 4 rings (SSSR count). The molecule has 2 fully saturated rings. The van der Waals surface area contributed by atoms with Crippen LogP contribution in [0.25, 0.3) is 0 Å². The number of benzene rings is 1. The molecule has 2 aliphatic heterocycles. The molecule has 1 atom stereocenters. The Morgan fingerprint density at radius 1 is 1.17 bits per heavy atom. The number of hydrogen-bond acceptors (Lipinski definition) is 6. The molecule has 1 aromatic heterocycles.